The van der Waals surface area contributed by atoms with E-state index < -0.39 is 17.7 Å². The van der Waals surface area contributed by atoms with Crippen LogP contribution >= 0.6 is 11.3 Å². The molecule has 2 aliphatic heterocycles. The van der Waals surface area contributed by atoms with E-state index in [0.29, 0.717) is 34.0 Å². The van der Waals surface area contributed by atoms with E-state index in [2.05, 4.69) is 18.8 Å². The summed E-state index contributed by atoms with van der Waals surface area (Å²) < 4.78 is 5.77. The van der Waals surface area contributed by atoms with Crippen LogP contribution in [0, 0.1) is 6.92 Å². The number of thiazole rings is 1. The van der Waals surface area contributed by atoms with Crippen molar-refractivity contribution < 1.29 is 24.2 Å². The fraction of sp³-hybridized carbons (Fsp3) is 0.310. The molecule has 1 amide bonds. The molecule has 1 fully saturated rings. The summed E-state index contributed by atoms with van der Waals surface area (Å²) >= 11 is 1.07. The maximum Gasteiger partial charge on any atom is 0.301 e. The lowest BCUT2D eigenvalue weighted by molar-refractivity contribution is -0.132. The van der Waals surface area contributed by atoms with Gasteiger partial charge >= 0.3 is 5.91 Å². The number of aryl methyl sites for hydroxylation is 1. The Bertz CT molecular complexity index is 1470. The average molecular weight is 517 g/mol. The van der Waals surface area contributed by atoms with E-state index in [9.17, 15) is 19.5 Å². The molecular weight excluding hydrogens is 488 g/mol. The van der Waals surface area contributed by atoms with Crippen LogP contribution < -0.4 is 9.64 Å². The maximum absolute atomic E-state index is 13.5. The van der Waals surface area contributed by atoms with Gasteiger partial charge in [0.2, 0.25) is 0 Å². The summed E-state index contributed by atoms with van der Waals surface area (Å²) in [6.07, 6.45) is 0.720. The first-order valence-electron chi connectivity index (χ1n) is 12.3. The normalized spacial score (nSPS) is 20.4. The first-order chi connectivity index (χ1) is 17.6. The number of benzene rings is 2. The number of ether oxygens (including phenoxy) is 1. The van der Waals surface area contributed by atoms with Crippen LogP contribution in [0.2, 0.25) is 0 Å². The Balaban J connectivity index is 1.69. The van der Waals surface area contributed by atoms with Crippen molar-refractivity contribution in [2.75, 3.05) is 4.90 Å². The molecule has 5 rings (SSSR count). The predicted molar refractivity (Wildman–Crippen MR) is 142 cm³/mol. The van der Waals surface area contributed by atoms with E-state index in [1.54, 1.807) is 19.1 Å². The number of aliphatic hydroxyl groups excluding tert-OH is 1. The molecule has 1 aromatic heterocycles. The van der Waals surface area contributed by atoms with E-state index in [1.807, 2.05) is 37.3 Å². The number of anilines is 1. The second kappa shape index (κ2) is 9.27. The van der Waals surface area contributed by atoms with Gasteiger partial charge in [-0.25, -0.2) is 4.98 Å². The third kappa shape index (κ3) is 4.25. The molecule has 3 heterocycles. The standard InChI is InChI=1S/C29H28N2O5S/c1-14(2)18-6-8-19(9-7-18)24-23(25(33)20-10-11-22-21(13-20)12-15(3)36-22)26(34)28(35)31(24)29-30-16(4)27(37-29)17(5)32/h6-11,13-15,24,33H,12H2,1-5H3/b25-23-. The van der Waals surface area contributed by atoms with Gasteiger partial charge in [0.05, 0.1) is 22.2 Å². The highest BCUT2D eigenvalue weighted by atomic mass is 32.1. The van der Waals surface area contributed by atoms with Crippen LogP contribution in [-0.2, 0) is 16.0 Å². The van der Waals surface area contributed by atoms with Gasteiger partial charge in [-0.1, -0.05) is 49.4 Å². The van der Waals surface area contributed by atoms with Crippen molar-refractivity contribution in [3.63, 3.8) is 0 Å². The van der Waals surface area contributed by atoms with Gasteiger partial charge in [-0.2, -0.15) is 0 Å². The molecule has 37 heavy (non-hydrogen) atoms. The molecule has 0 aliphatic carbocycles. The number of nitrogens with zero attached hydrogens (tertiary/aromatic N) is 2. The topological polar surface area (TPSA) is 96.8 Å². The Morgan fingerprint density at radius 1 is 1.16 bits per heavy atom. The monoisotopic (exact) mass is 516 g/mol. The number of aromatic nitrogens is 1. The van der Waals surface area contributed by atoms with Crippen molar-refractivity contribution >= 4 is 39.7 Å². The van der Waals surface area contributed by atoms with Crippen LogP contribution in [0.15, 0.2) is 48.0 Å². The summed E-state index contributed by atoms with van der Waals surface area (Å²) in [6.45, 7) is 9.28. The number of rotatable bonds is 5. The van der Waals surface area contributed by atoms with Gasteiger partial charge in [-0.15, -0.1) is 0 Å². The lowest BCUT2D eigenvalue weighted by atomic mass is 9.93. The third-order valence-corrected chi connectivity index (χ3v) is 8.10. The van der Waals surface area contributed by atoms with Crippen molar-refractivity contribution in [3.05, 3.63) is 80.9 Å². The number of amides is 1. The summed E-state index contributed by atoms with van der Waals surface area (Å²) in [5.74, 6) is -0.942. The van der Waals surface area contributed by atoms with E-state index in [-0.39, 0.29) is 28.4 Å². The van der Waals surface area contributed by atoms with Crippen LogP contribution in [0.3, 0.4) is 0 Å². The molecule has 190 valence electrons. The summed E-state index contributed by atoms with van der Waals surface area (Å²) in [5.41, 5.74) is 3.64. The molecule has 8 heteroatoms. The number of hydrogen-bond acceptors (Lipinski definition) is 7. The highest BCUT2D eigenvalue weighted by Crippen LogP contribution is 2.44. The number of Topliss-reactive ketones (excluding diaryl/α,β-unsaturated/α-hetero) is 2. The molecule has 0 radical (unpaired) electrons. The summed E-state index contributed by atoms with van der Waals surface area (Å²) in [5, 5.41) is 11.7. The van der Waals surface area contributed by atoms with Gasteiger partial charge in [-0.05, 0) is 54.7 Å². The molecular formula is C29H28N2O5S. The van der Waals surface area contributed by atoms with Gasteiger partial charge in [0.1, 0.15) is 17.6 Å². The van der Waals surface area contributed by atoms with Gasteiger partial charge < -0.3 is 9.84 Å². The van der Waals surface area contributed by atoms with Crippen molar-refractivity contribution in [1.82, 2.24) is 4.98 Å². The van der Waals surface area contributed by atoms with Crippen molar-refractivity contribution in [2.45, 2.75) is 59.1 Å². The molecule has 2 unspecified atom stereocenters. The van der Waals surface area contributed by atoms with Gasteiger partial charge in [0.25, 0.3) is 5.78 Å². The summed E-state index contributed by atoms with van der Waals surface area (Å²) in [4.78, 5) is 45.2. The summed E-state index contributed by atoms with van der Waals surface area (Å²) in [6, 6.07) is 12.1. The molecule has 3 aromatic rings. The van der Waals surface area contributed by atoms with Crippen LogP contribution in [-0.4, -0.2) is 33.7 Å². The Hall–Kier alpha value is -3.78. The lowest BCUT2D eigenvalue weighted by Gasteiger charge is -2.23. The maximum atomic E-state index is 13.5. The molecule has 0 saturated carbocycles. The number of aliphatic hydroxyl groups is 1. The Labute approximate surface area is 219 Å². The zero-order chi connectivity index (χ0) is 26.6. The minimum absolute atomic E-state index is 0.00793. The second-order valence-electron chi connectivity index (χ2n) is 9.91. The molecule has 0 bridgehead atoms. The number of ketones is 2. The van der Waals surface area contributed by atoms with Crippen molar-refractivity contribution in [3.8, 4) is 5.75 Å². The van der Waals surface area contributed by atoms with Gasteiger partial charge in [0, 0.05) is 18.9 Å². The first kappa shape index (κ1) is 24.9. The van der Waals surface area contributed by atoms with Gasteiger partial charge in [-0.3, -0.25) is 19.3 Å². The molecule has 0 spiro atoms. The predicted octanol–water partition coefficient (Wildman–Crippen LogP) is 5.73. The van der Waals surface area contributed by atoms with Crippen LogP contribution in [0.5, 0.6) is 5.75 Å². The summed E-state index contributed by atoms with van der Waals surface area (Å²) in [7, 11) is 0. The third-order valence-electron chi connectivity index (χ3n) is 6.84. The minimum atomic E-state index is -0.894. The Kier molecular flexibility index (Phi) is 6.23. The highest BCUT2D eigenvalue weighted by Gasteiger charge is 2.48. The SMILES string of the molecule is CC(=O)c1sc(N2C(=O)C(=O)/C(=C(\O)c3ccc4c(c3)CC(C)O4)C2c2ccc(C(C)C)cc2)nc1C. The van der Waals surface area contributed by atoms with E-state index in [1.165, 1.54) is 11.8 Å². The molecule has 2 aromatic carbocycles. The van der Waals surface area contributed by atoms with E-state index in [4.69, 9.17) is 4.74 Å². The van der Waals surface area contributed by atoms with Crippen molar-refractivity contribution in [1.29, 1.82) is 0 Å². The Morgan fingerprint density at radius 3 is 2.49 bits per heavy atom. The fourth-order valence-corrected chi connectivity index (χ4v) is 5.93. The zero-order valence-electron chi connectivity index (χ0n) is 21.4. The quantitative estimate of drug-likeness (QED) is 0.201. The molecule has 2 atom stereocenters. The fourth-order valence-electron chi connectivity index (χ4n) is 4.95. The van der Waals surface area contributed by atoms with Crippen LogP contribution in [0.4, 0.5) is 5.13 Å². The molecule has 1 saturated heterocycles. The van der Waals surface area contributed by atoms with Crippen LogP contribution in [0.25, 0.3) is 5.76 Å². The van der Waals surface area contributed by atoms with E-state index in [0.717, 1.165) is 28.2 Å². The smallest absolute Gasteiger partial charge is 0.301 e. The number of hydrogen-bond donors (Lipinski definition) is 1. The number of carbonyl (C=O) groups excluding carboxylic acids is 3. The minimum Gasteiger partial charge on any atom is -0.507 e. The largest absolute Gasteiger partial charge is 0.507 e. The second-order valence-corrected chi connectivity index (χ2v) is 10.9. The van der Waals surface area contributed by atoms with Crippen molar-refractivity contribution in [2.24, 2.45) is 0 Å². The van der Waals surface area contributed by atoms with Gasteiger partial charge in [0.15, 0.2) is 10.9 Å². The first-order valence-corrected chi connectivity index (χ1v) is 13.1. The van der Waals surface area contributed by atoms with E-state index >= 15 is 0 Å². The van der Waals surface area contributed by atoms with Crippen LogP contribution in [0.1, 0.15) is 77.3 Å². The molecule has 1 N–H and O–H groups in total. The zero-order valence-corrected chi connectivity index (χ0v) is 22.2. The average Bonchev–Trinajstić information content (AvgIpc) is 3.50. The number of fused-ring (bicyclic) bond motifs is 1. The highest BCUT2D eigenvalue weighted by molar-refractivity contribution is 7.18. The number of carbonyl (C=O) groups is 3. The molecule has 2 aliphatic rings. The molecule has 7 nitrogen and oxygen atoms in total. The Morgan fingerprint density at radius 2 is 1.86 bits per heavy atom. The lowest BCUT2D eigenvalue weighted by Crippen LogP contribution is -2.29.